The summed E-state index contributed by atoms with van der Waals surface area (Å²) in [6, 6.07) is 4.33. The third-order valence-corrected chi connectivity index (χ3v) is 3.33. The van der Waals surface area contributed by atoms with Gasteiger partial charge in [0.25, 0.3) is 5.69 Å². The molecule has 17 heavy (non-hydrogen) atoms. The van der Waals surface area contributed by atoms with E-state index in [2.05, 4.69) is 12.6 Å². The Labute approximate surface area is 110 Å². The van der Waals surface area contributed by atoms with Gasteiger partial charge in [0.05, 0.1) is 11.5 Å². The van der Waals surface area contributed by atoms with Crippen molar-refractivity contribution >= 4 is 29.9 Å². The van der Waals surface area contributed by atoms with Gasteiger partial charge in [0.1, 0.15) is 10.8 Å². The molecule has 94 valence electrons. The van der Waals surface area contributed by atoms with Crippen molar-refractivity contribution in [3.8, 4) is 5.75 Å². The largest absolute Gasteiger partial charge is 0.493 e. The lowest BCUT2D eigenvalue weighted by molar-refractivity contribution is -0.384. The van der Waals surface area contributed by atoms with Gasteiger partial charge in [-0.15, -0.1) is 0 Å². The van der Waals surface area contributed by atoms with Crippen molar-refractivity contribution in [3.05, 3.63) is 33.3 Å². The van der Waals surface area contributed by atoms with E-state index in [1.807, 2.05) is 13.8 Å². The second-order valence-electron chi connectivity index (χ2n) is 4.48. The molecule has 0 saturated heterocycles. The van der Waals surface area contributed by atoms with E-state index in [-0.39, 0.29) is 16.1 Å². The second-order valence-corrected chi connectivity index (χ2v) is 5.20. The van der Waals surface area contributed by atoms with Gasteiger partial charge in [-0.3, -0.25) is 10.1 Å². The van der Waals surface area contributed by atoms with Crippen LogP contribution in [0.5, 0.6) is 5.75 Å². The fourth-order valence-corrected chi connectivity index (χ4v) is 1.38. The van der Waals surface area contributed by atoms with Crippen LogP contribution in [0.1, 0.15) is 13.8 Å². The molecule has 0 aliphatic heterocycles. The molecule has 0 atom stereocenters. The Balaban J connectivity index is 2.75. The zero-order chi connectivity index (χ0) is 13.1. The first kappa shape index (κ1) is 14.1. The zero-order valence-corrected chi connectivity index (χ0v) is 11.3. The van der Waals surface area contributed by atoms with Crippen LogP contribution in [0.4, 0.5) is 5.69 Å². The summed E-state index contributed by atoms with van der Waals surface area (Å²) >= 11 is 9.99. The van der Waals surface area contributed by atoms with Crippen molar-refractivity contribution in [2.24, 2.45) is 5.41 Å². The van der Waals surface area contributed by atoms with Crippen molar-refractivity contribution < 1.29 is 9.66 Å². The van der Waals surface area contributed by atoms with Gasteiger partial charge in [0, 0.05) is 17.5 Å². The third kappa shape index (κ3) is 4.09. The Bertz CT molecular complexity index is 423. The molecule has 0 saturated carbocycles. The molecule has 1 rings (SSSR count). The molecule has 0 heterocycles. The monoisotopic (exact) mass is 275 g/mol. The van der Waals surface area contributed by atoms with Crippen molar-refractivity contribution in [3.63, 3.8) is 0 Å². The number of ether oxygens (including phenoxy) is 1. The quantitative estimate of drug-likeness (QED) is 0.508. The van der Waals surface area contributed by atoms with Crippen LogP contribution in [0.3, 0.4) is 0 Å². The molecule has 4 nitrogen and oxygen atoms in total. The summed E-state index contributed by atoms with van der Waals surface area (Å²) in [4.78, 5) is 10.0. The molecule has 0 aliphatic rings. The Morgan fingerprint density at radius 1 is 1.53 bits per heavy atom. The van der Waals surface area contributed by atoms with Crippen molar-refractivity contribution in [1.82, 2.24) is 0 Å². The van der Waals surface area contributed by atoms with Crippen LogP contribution >= 0.6 is 24.2 Å². The van der Waals surface area contributed by atoms with Crippen LogP contribution in [-0.4, -0.2) is 17.3 Å². The highest BCUT2D eigenvalue weighted by Crippen LogP contribution is 2.29. The normalized spacial score (nSPS) is 11.3. The maximum absolute atomic E-state index is 10.6. The van der Waals surface area contributed by atoms with E-state index in [0.29, 0.717) is 18.1 Å². The summed E-state index contributed by atoms with van der Waals surface area (Å²) in [6.45, 7) is 4.52. The number of benzene rings is 1. The van der Waals surface area contributed by atoms with E-state index < -0.39 is 4.92 Å². The third-order valence-electron chi connectivity index (χ3n) is 2.17. The number of hydrogen-bond donors (Lipinski definition) is 1. The van der Waals surface area contributed by atoms with Crippen LogP contribution in [-0.2, 0) is 0 Å². The number of nitro benzene ring substituents is 1. The van der Waals surface area contributed by atoms with Gasteiger partial charge in [0.15, 0.2) is 0 Å². The number of nitrogens with zero attached hydrogens (tertiary/aromatic N) is 1. The lowest BCUT2D eigenvalue weighted by atomic mass is 9.98. The van der Waals surface area contributed by atoms with E-state index in [0.717, 1.165) is 0 Å². The lowest BCUT2D eigenvalue weighted by Gasteiger charge is -2.22. The number of thiol groups is 1. The van der Waals surface area contributed by atoms with E-state index in [9.17, 15) is 10.1 Å². The molecular weight excluding hydrogens is 262 g/mol. The van der Waals surface area contributed by atoms with Gasteiger partial charge < -0.3 is 4.74 Å². The first-order valence-corrected chi connectivity index (χ1v) is 6.04. The second kappa shape index (κ2) is 5.60. The van der Waals surface area contributed by atoms with E-state index in [1.165, 1.54) is 12.1 Å². The first-order valence-electron chi connectivity index (χ1n) is 5.03. The summed E-state index contributed by atoms with van der Waals surface area (Å²) in [5.41, 5.74) is -0.176. The van der Waals surface area contributed by atoms with Crippen LogP contribution in [0, 0.1) is 15.5 Å². The highest BCUT2D eigenvalue weighted by Gasteiger charge is 2.18. The highest BCUT2D eigenvalue weighted by atomic mass is 35.5. The van der Waals surface area contributed by atoms with Crippen LogP contribution in [0.25, 0.3) is 0 Å². The molecule has 6 heteroatoms. The van der Waals surface area contributed by atoms with Gasteiger partial charge in [-0.2, -0.15) is 12.6 Å². The Morgan fingerprint density at radius 3 is 2.65 bits per heavy atom. The van der Waals surface area contributed by atoms with E-state index in [1.54, 1.807) is 6.07 Å². The maximum Gasteiger partial charge on any atom is 0.288 e. The Kier molecular flexibility index (Phi) is 4.65. The summed E-state index contributed by atoms with van der Waals surface area (Å²) in [5.74, 6) is 1.21. The molecule has 0 N–H and O–H groups in total. The molecule has 0 amide bonds. The Morgan fingerprint density at radius 2 is 2.18 bits per heavy atom. The minimum absolute atomic E-state index is 0.0582. The fraction of sp³-hybridized carbons (Fsp3) is 0.455. The van der Waals surface area contributed by atoms with Gasteiger partial charge in [-0.25, -0.2) is 0 Å². The standard InChI is InChI=1S/C11H14ClNO3S/c1-11(2,7-17)6-16-8-3-4-10(13(14)15)9(12)5-8/h3-5,17H,6-7H2,1-2H3. The summed E-state index contributed by atoms with van der Waals surface area (Å²) < 4.78 is 5.52. The minimum Gasteiger partial charge on any atom is -0.493 e. The minimum atomic E-state index is -0.524. The van der Waals surface area contributed by atoms with E-state index >= 15 is 0 Å². The highest BCUT2D eigenvalue weighted by molar-refractivity contribution is 7.80. The number of nitro groups is 1. The van der Waals surface area contributed by atoms with Crippen LogP contribution < -0.4 is 4.74 Å². The summed E-state index contributed by atoms with van der Waals surface area (Å²) in [7, 11) is 0. The molecule has 0 fully saturated rings. The molecule has 0 radical (unpaired) electrons. The van der Waals surface area contributed by atoms with Crippen molar-refractivity contribution in [2.45, 2.75) is 13.8 Å². The molecule has 1 aromatic rings. The summed E-state index contributed by atoms with van der Waals surface area (Å²) in [5, 5.41) is 10.6. The Hall–Kier alpha value is -0.940. The van der Waals surface area contributed by atoms with E-state index in [4.69, 9.17) is 16.3 Å². The smallest absolute Gasteiger partial charge is 0.288 e. The van der Waals surface area contributed by atoms with Gasteiger partial charge >= 0.3 is 0 Å². The number of rotatable bonds is 5. The molecule has 0 spiro atoms. The van der Waals surface area contributed by atoms with Crippen LogP contribution in [0.15, 0.2) is 18.2 Å². The average Bonchev–Trinajstić information content (AvgIpc) is 2.26. The fourth-order valence-electron chi connectivity index (χ4n) is 1.05. The predicted octanol–water partition coefficient (Wildman–Crippen LogP) is 3.58. The number of halogens is 1. The molecule has 1 aromatic carbocycles. The van der Waals surface area contributed by atoms with Crippen LogP contribution in [0.2, 0.25) is 5.02 Å². The maximum atomic E-state index is 10.6. The van der Waals surface area contributed by atoms with Gasteiger partial charge in [-0.05, 0) is 11.8 Å². The zero-order valence-electron chi connectivity index (χ0n) is 9.64. The lowest BCUT2D eigenvalue weighted by Crippen LogP contribution is -2.23. The topological polar surface area (TPSA) is 52.4 Å². The summed E-state index contributed by atoms with van der Waals surface area (Å²) in [6.07, 6.45) is 0. The average molecular weight is 276 g/mol. The molecular formula is C11H14ClNO3S. The first-order chi connectivity index (χ1) is 7.85. The molecule has 0 aliphatic carbocycles. The number of hydrogen-bond acceptors (Lipinski definition) is 4. The molecule has 0 bridgehead atoms. The van der Waals surface area contributed by atoms with Crippen molar-refractivity contribution in [1.29, 1.82) is 0 Å². The molecule has 0 unspecified atom stereocenters. The van der Waals surface area contributed by atoms with Gasteiger partial charge in [0.2, 0.25) is 0 Å². The molecule has 0 aromatic heterocycles. The van der Waals surface area contributed by atoms with Crippen molar-refractivity contribution in [2.75, 3.05) is 12.4 Å². The predicted molar refractivity (Wildman–Crippen MR) is 71.2 cm³/mol. The van der Waals surface area contributed by atoms with Gasteiger partial charge in [-0.1, -0.05) is 25.4 Å². The SMILES string of the molecule is CC(C)(CS)COc1ccc([N+](=O)[O-])c(Cl)c1.